The zero-order chi connectivity index (χ0) is 13.9. The van der Waals surface area contributed by atoms with Gasteiger partial charge in [-0.1, -0.05) is 45.2 Å². The van der Waals surface area contributed by atoms with Crippen LogP contribution in [0.3, 0.4) is 0 Å². The molecule has 1 rings (SSSR count). The van der Waals surface area contributed by atoms with E-state index in [1.54, 1.807) is 0 Å². The number of unbranched alkanes of at least 4 members (excludes halogenated alkanes) is 3. The zero-order valence-electron chi connectivity index (χ0n) is 12.7. The Balaban J connectivity index is 2.23. The number of ether oxygens (including phenoxy) is 1. The quantitative estimate of drug-likeness (QED) is 0.626. The van der Waals surface area contributed by atoms with Crippen LogP contribution < -0.4 is 10.1 Å². The molecule has 2 nitrogen and oxygen atoms in total. The van der Waals surface area contributed by atoms with Crippen molar-refractivity contribution in [1.82, 2.24) is 5.32 Å². The van der Waals surface area contributed by atoms with Crippen LogP contribution in [0.1, 0.15) is 58.4 Å². The first-order chi connectivity index (χ1) is 9.26. The van der Waals surface area contributed by atoms with Gasteiger partial charge in [0, 0.05) is 12.6 Å². The highest BCUT2D eigenvalue weighted by atomic mass is 16.5. The van der Waals surface area contributed by atoms with Crippen molar-refractivity contribution < 1.29 is 4.74 Å². The average molecular weight is 263 g/mol. The Morgan fingerprint density at radius 1 is 1.05 bits per heavy atom. The number of rotatable bonds is 10. The van der Waals surface area contributed by atoms with E-state index < -0.39 is 0 Å². The molecule has 1 N–H and O–H groups in total. The van der Waals surface area contributed by atoms with Crippen LogP contribution in [-0.4, -0.2) is 12.6 Å². The molecular weight excluding hydrogens is 234 g/mol. The second kappa shape index (κ2) is 9.85. The third kappa shape index (κ3) is 7.22. The van der Waals surface area contributed by atoms with E-state index in [1.165, 1.54) is 31.2 Å². The Morgan fingerprint density at radius 2 is 1.79 bits per heavy atom. The maximum absolute atomic E-state index is 5.73. The molecule has 0 amide bonds. The first-order valence-corrected chi connectivity index (χ1v) is 7.71. The molecule has 0 aliphatic carbocycles. The van der Waals surface area contributed by atoms with E-state index in [1.807, 2.05) is 0 Å². The molecule has 1 aromatic carbocycles. The van der Waals surface area contributed by atoms with Crippen molar-refractivity contribution >= 4 is 0 Å². The molecule has 2 heteroatoms. The van der Waals surface area contributed by atoms with Crippen molar-refractivity contribution in [3.8, 4) is 5.75 Å². The molecular formula is C17H29NO. The molecule has 1 aromatic rings. The lowest BCUT2D eigenvalue weighted by Crippen LogP contribution is -2.24. The molecule has 0 saturated carbocycles. The van der Waals surface area contributed by atoms with E-state index in [-0.39, 0.29) is 0 Å². The van der Waals surface area contributed by atoms with E-state index in [9.17, 15) is 0 Å². The third-order valence-corrected chi connectivity index (χ3v) is 3.46. The van der Waals surface area contributed by atoms with Gasteiger partial charge in [0.1, 0.15) is 5.75 Å². The molecule has 0 aliphatic rings. The first kappa shape index (κ1) is 16.0. The number of hydrogen-bond acceptors (Lipinski definition) is 2. The SMILES string of the molecule is CCCCCCOc1ccc(CNC(C)CC)cc1. The highest BCUT2D eigenvalue weighted by Gasteiger charge is 1.99. The summed E-state index contributed by atoms with van der Waals surface area (Å²) in [7, 11) is 0. The van der Waals surface area contributed by atoms with Gasteiger partial charge in [-0.05, 0) is 37.5 Å². The van der Waals surface area contributed by atoms with Gasteiger partial charge in [-0.25, -0.2) is 0 Å². The lowest BCUT2D eigenvalue weighted by Gasteiger charge is -2.11. The second-order valence-corrected chi connectivity index (χ2v) is 5.24. The van der Waals surface area contributed by atoms with Gasteiger partial charge in [0.25, 0.3) is 0 Å². The summed E-state index contributed by atoms with van der Waals surface area (Å²) in [4.78, 5) is 0. The van der Waals surface area contributed by atoms with Crippen LogP contribution in [0.5, 0.6) is 5.75 Å². The number of hydrogen-bond donors (Lipinski definition) is 1. The van der Waals surface area contributed by atoms with Crippen LogP contribution in [0, 0.1) is 0 Å². The monoisotopic (exact) mass is 263 g/mol. The standard InChI is InChI=1S/C17H29NO/c1-4-6-7-8-13-19-17-11-9-16(10-12-17)14-18-15(3)5-2/h9-12,15,18H,4-8,13-14H2,1-3H3. The molecule has 0 saturated heterocycles. The van der Waals surface area contributed by atoms with Crippen LogP contribution in [0.2, 0.25) is 0 Å². The molecule has 1 atom stereocenters. The normalized spacial score (nSPS) is 12.4. The van der Waals surface area contributed by atoms with Gasteiger partial charge in [-0.3, -0.25) is 0 Å². The molecule has 19 heavy (non-hydrogen) atoms. The first-order valence-electron chi connectivity index (χ1n) is 7.71. The van der Waals surface area contributed by atoms with Gasteiger partial charge in [0.05, 0.1) is 6.61 Å². The Hall–Kier alpha value is -1.02. The molecule has 0 bridgehead atoms. The van der Waals surface area contributed by atoms with Gasteiger partial charge in [-0.2, -0.15) is 0 Å². The summed E-state index contributed by atoms with van der Waals surface area (Å²) in [5, 5.41) is 3.49. The van der Waals surface area contributed by atoms with Gasteiger partial charge in [0.2, 0.25) is 0 Å². The maximum Gasteiger partial charge on any atom is 0.119 e. The fraction of sp³-hybridized carbons (Fsp3) is 0.647. The van der Waals surface area contributed by atoms with Crippen molar-refractivity contribution in [2.45, 2.75) is 65.5 Å². The topological polar surface area (TPSA) is 21.3 Å². The summed E-state index contributed by atoms with van der Waals surface area (Å²) in [6, 6.07) is 9.03. The van der Waals surface area contributed by atoms with E-state index in [0.29, 0.717) is 6.04 Å². The molecule has 1 unspecified atom stereocenters. The van der Waals surface area contributed by atoms with Crippen molar-refractivity contribution in [3.05, 3.63) is 29.8 Å². The smallest absolute Gasteiger partial charge is 0.119 e. The number of benzene rings is 1. The Kier molecular flexibility index (Phi) is 8.31. The van der Waals surface area contributed by atoms with Crippen molar-refractivity contribution in [2.24, 2.45) is 0 Å². The van der Waals surface area contributed by atoms with Gasteiger partial charge < -0.3 is 10.1 Å². The lowest BCUT2D eigenvalue weighted by molar-refractivity contribution is 0.305. The van der Waals surface area contributed by atoms with E-state index in [0.717, 1.165) is 25.3 Å². The lowest BCUT2D eigenvalue weighted by atomic mass is 10.2. The minimum atomic E-state index is 0.578. The molecule has 108 valence electrons. The third-order valence-electron chi connectivity index (χ3n) is 3.46. The predicted octanol–water partition coefficient (Wildman–Crippen LogP) is 4.53. The highest BCUT2D eigenvalue weighted by molar-refractivity contribution is 5.27. The summed E-state index contributed by atoms with van der Waals surface area (Å²) in [5.74, 6) is 0.990. The summed E-state index contributed by atoms with van der Waals surface area (Å²) < 4.78 is 5.73. The van der Waals surface area contributed by atoms with Crippen molar-refractivity contribution in [2.75, 3.05) is 6.61 Å². The Labute approximate surface area is 118 Å². The molecule has 0 heterocycles. The number of nitrogens with one attached hydrogen (secondary N) is 1. The largest absolute Gasteiger partial charge is 0.494 e. The minimum absolute atomic E-state index is 0.578. The van der Waals surface area contributed by atoms with Crippen LogP contribution in [0.15, 0.2) is 24.3 Å². The second-order valence-electron chi connectivity index (χ2n) is 5.24. The van der Waals surface area contributed by atoms with Crippen molar-refractivity contribution in [3.63, 3.8) is 0 Å². The van der Waals surface area contributed by atoms with Gasteiger partial charge >= 0.3 is 0 Å². The summed E-state index contributed by atoms with van der Waals surface area (Å²) >= 11 is 0. The molecule has 0 radical (unpaired) electrons. The van der Waals surface area contributed by atoms with E-state index >= 15 is 0 Å². The molecule has 0 aromatic heterocycles. The zero-order valence-corrected chi connectivity index (χ0v) is 12.7. The summed E-state index contributed by atoms with van der Waals surface area (Å²) in [5.41, 5.74) is 1.32. The van der Waals surface area contributed by atoms with Crippen LogP contribution in [0.25, 0.3) is 0 Å². The van der Waals surface area contributed by atoms with Crippen LogP contribution >= 0.6 is 0 Å². The molecule has 0 aliphatic heterocycles. The van der Waals surface area contributed by atoms with Gasteiger partial charge in [-0.15, -0.1) is 0 Å². The predicted molar refractivity (Wildman–Crippen MR) is 82.7 cm³/mol. The Bertz CT molecular complexity index is 321. The average Bonchev–Trinajstić information content (AvgIpc) is 2.45. The summed E-state index contributed by atoms with van der Waals surface area (Å²) in [6.45, 7) is 8.42. The maximum atomic E-state index is 5.73. The van der Waals surface area contributed by atoms with E-state index in [2.05, 4.69) is 50.4 Å². The van der Waals surface area contributed by atoms with E-state index in [4.69, 9.17) is 4.74 Å². The summed E-state index contributed by atoms with van der Waals surface area (Å²) in [6.07, 6.45) is 6.18. The van der Waals surface area contributed by atoms with Crippen LogP contribution in [-0.2, 0) is 6.54 Å². The van der Waals surface area contributed by atoms with Gasteiger partial charge in [0.15, 0.2) is 0 Å². The van der Waals surface area contributed by atoms with Crippen molar-refractivity contribution in [1.29, 1.82) is 0 Å². The molecule has 0 fully saturated rings. The molecule has 0 spiro atoms. The highest BCUT2D eigenvalue weighted by Crippen LogP contribution is 2.13. The van der Waals surface area contributed by atoms with Crippen LogP contribution in [0.4, 0.5) is 0 Å². The minimum Gasteiger partial charge on any atom is -0.494 e. The fourth-order valence-electron chi connectivity index (χ4n) is 1.86. The Morgan fingerprint density at radius 3 is 2.42 bits per heavy atom. The fourth-order valence-corrected chi connectivity index (χ4v) is 1.86.